The summed E-state index contributed by atoms with van der Waals surface area (Å²) in [4.78, 5) is 24.3. The van der Waals surface area contributed by atoms with E-state index in [1.54, 1.807) is 6.92 Å². The molecular weight excluding hydrogens is 428 g/mol. The van der Waals surface area contributed by atoms with Gasteiger partial charge in [0, 0.05) is 25.6 Å². The average Bonchev–Trinajstić information content (AvgIpc) is 2.81. The van der Waals surface area contributed by atoms with Gasteiger partial charge in [-0.05, 0) is 50.5 Å². The molecule has 8 heteroatoms. The van der Waals surface area contributed by atoms with Crippen LogP contribution in [0.15, 0.2) is 29.2 Å². The second kappa shape index (κ2) is 13.6. The Morgan fingerprint density at radius 3 is 2.16 bits per heavy atom. The molecule has 1 amide bonds. The van der Waals surface area contributed by atoms with Crippen LogP contribution in [0.2, 0.25) is 0 Å². The van der Waals surface area contributed by atoms with Gasteiger partial charge >= 0.3 is 5.97 Å². The normalized spacial score (nSPS) is 15.4. The minimum atomic E-state index is -3.65. The molecule has 1 aliphatic rings. The summed E-state index contributed by atoms with van der Waals surface area (Å²) in [6, 6.07) is 5.80. The summed E-state index contributed by atoms with van der Waals surface area (Å²) in [5, 5.41) is 3.02. The van der Waals surface area contributed by atoms with Crippen LogP contribution in [0.3, 0.4) is 0 Å². The largest absolute Gasteiger partial charge is 0.462 e. The zero-order valence-electron chi connectivity index (χ0n) is 19.5. The van der Waals surface area contributed by atoms with Gasteiger partial charge in [0.15, 0.2) is 0 Å². The molecule has 180 valence electrons. The van der Waals surface area contributed by atoms with Crippen molar-refractivity contribution in [2.45, 2.75) is 76.5 Å². The molecule has 1 aromatic carbocycles. The van der Waals surface area contributed by atoms with Crippen LogP contribution in [0.4, 0.5) is 0 Å². The van der Waals surface area contributed by atoms with E-state index in [0.29, 0.717) is 38.0 Å². The molecule has 0 spiro atoms. The van der Waals surface area contributed by atoms with Gasteiger partial charge in [0.2, 0.25) is 15.9 Å². The number of carbonyl (C=O) groups is 2. The Balaban J connectivity index is 1.75. The monoisotopic (exact) mass is 466 g/mol. The van der Waals surface area contributed by atoms with Crippen LogP contribution in [-0.4, -0.2) is 50.8 Å². The molecule has 1 N–H and O–H groups in total. The number of nitrogens with zero attached hydrogens (tertiary/aromatic N) is 1. The molecule has 0 atom stereocenters. The summed E-state index contributed by atoms with van der Waals surface area (Å²) in [5.41, 5.74) is 0.321. The van der Waals surface area contributed by atoms with E-state index >= 15 is 0 Å². The Morgan fingerprint density at radius 2 is 1.56 bits per heavy atom. The van der Waals surface area contributed by atoms with E-state index in [4.69, 9.17) is 4.74 Å². The molecule has 1 aliphatic heterocycles. The minimum Gasteiger partial charge on any atom is -0.462 e. The summed E-state index contributed by atoms with van der Waals surface area (Å²) in [7, 11) is -3.65. The highest BCUT2D eigenvalue weighted by atomic mass is 32.2. The molecular formula is C24H38N2O5S. The molecule has 2 rings (SSSR count). The van der Waals surface area contributed by atoms with Crippen molar-refractivity contribution >= 4 is 21.9 Å². The predicted octanol–water partition coefficient (Wildman–Crippen LogP) is 4.13. The molecule has 0 radical (unpaired) electrons. The Morgan fingerprint density at radius 1 is 0.969 bits per heavy atom. The van der Waals surface area contributed by atoms with Crippen LogP contribution < -0.4 is 5.32 Å². The maximum Gasteiger partial charge on any atom is 0.338 e. The van der Waals surface area contributed by atoms with Crippen LogP contribution in [-0.2, 0) is 19.6 Å². The summed E-state index contributed by atoms with van der Waals surface area (Å²) in [6.45, 7) is 5.52. The van der Waals surface area contributed by atoms with E-state index in [2.05, 4.69) is 12.2 Å². The van der Waals surface area contributed by atoms with Crippen LogP contribution in [0.1, 0.15) is 82.0 Å². The number of amides is 1. The van der Waals surface area contributed by atoms with Crippen LogP contribution in [0.25, 0.3) is 0 Å². The van der Waals surface area contributed by atoms with Crippen molar-refractivity contribution in [2.24, 2.45) is 5.92 Å². The summed E-state index contributed by atoms with van der Waals surface area (Å²) in [6.07, 6.45) is 9.48. The van der Waals surface area contributed by atoms with Crippen molar-refractivity contribution in [1.82, 2.24) is 9.62 Å². The first-order chi connectivity index (χ1) is 15.4. The van der Waals surface area contributed by atoms with Gasteiger partial charge in [0.1, 0.15) is 0 Å². The van der Waals surface area contributed by atoms with Gasteiger partial charge in [0.25, 0.3) is 0 Å². The smallest absolute Gasteiger partial charge is 0.338 e. The van der Waals surface area contributed by atoms with Crippen molar-refractivity contribution in [3.8, 4) is 0 Å². The van der Waals surface area contributed by atoms with E-state index in [1.807, 2.05) is 0 Å². The van der Waals surface area contributed by atoms with Gasteiger partial charge < -0.3 is 10.1 Å². The molecule has 7 nitrogen and oxygen atoms in total. The molecule has 0 bridgehead atoms. The van der Waals surface area contributed by atoms with Gasteiger partial charge in [-0.3, -0.25) is 4.79 Å². The summed E-state index contributed by atoms with van der Waals surface area (Å²) in [5.74, 6) is -0.580. The SMILES string of the molecule is CCCCCCCCCNC(=O)C1CCN(S(=O)(=O)c2ccc(C(=O)OCC)cc2)CC1. The fourth-order valence-electron chi connectivity index (χ4n) is 3.92. The number of carbonyl (C=O) groups excluding carboxylic acids is 2. The molecule has 0 saturated carbocycles. The number of ether oxygens (including phenoxy) is 1. The van der Waals surface area contributed by atoms with E-state index in [9.17, 15) is 18.0 Å². The van der Waals surface area contributed by atoms with Crippen LogP contribution >= 0.6 is 0 Å². The number of rotatable bonds is 13. The van der Waals surface area contributed by atoms with Crippen molar-refractivity contribution in [3.63, 3.8) is 0 Å². The zero-order valence-corrected chi connectivity index (χ0v) is 20.3. The van der Waals surface area contributed by atoms with Gasteiger partial charge in [-0.15, -0.1) is 0 Å². The van der Waals surface area contributed by atoms with Crippen molar-refractivity contribution in [3.05, 3.63) is 29.8 Å². The van der Waals surface area contributed by atoms with Crippen molar-refractivity contribution < 1.29 is 22.7 Å². The van der Waals surface area contributed by atoms with E-state index in [1.165, 1.54) is 60.7 Å². The van der Waals surface area contributed by atoms with Crippen molar-refractivity contribution in [2.75, 3.05) is 26.2 Å². The third kappa shape index (κ3) is 7.89. The first-order valence-corrected chi connectivity index (χ1v) is 13.4. The third-order valence-electron chi connectivity index (χ3n) is 5.91. The Kier molecular flexibility index (Phi) is 11.2. The highest BCUT2D eigenvalue weighted by molar-refractivity contribution is 7.89. The van der Waals surface area contributed by atoms with Crippen molar-refractivity contribution in [1.29, 1.82) is 0 Å². The highest BCUT2D eigenvalue weighted by Crippen LogP contribution is 2.24. The minimum absolute atomic E-state index is 0.0341. The number of benzene rings is 1. The Bertz CT molecular complexity index is 815. The van der Waals surface area contributed by atoms with Gasteiger partial charge in [-0.25, -0.2) is 13.2 Å². The lowest BCUT2D eigenvalue weighted by Gasteiger charge is -2.30. The standard InChI is InChI=1S/C24H38N2O5S/c1-3-5-6-7-8-9-10-17-25-23(27)20-15-18-26(19-16-20)32(29,30)22-13-11-21(12-14-22)24(28)31-4-2/h11-14,20H,3-10,15-19H2,1-2H3,(H,25,27). The van der Waals surface area contributed by atoms with E-state index in [-0.39, 0.29) is 23.3 Å². The predicted molar refractivity (Wildman–Crippen MR) is 125 cm³/mol. The second-order valence-electron chi connectivity index (χ2n) is 8.34. The van der Waals surface area contributed by atoms with E-state index in [0.717, 1.165) is 12.8 Å². The van der Waals surface area contributed by atoms with Crippen LogP contribution in [0.5, 0.6) is 0 Å². The molecule has 0 aliphatic carbocycles. The number of hydrogen-bond donors (Lipinski definition) is 1. The molecule has 32 heavy (non-hydrogen) atoms. The lowest BCUT2D eigenvalue weighted by atomic mass is 9.97. The molecule has 1 aromatic rings. The average molecular weight is 467 g/mol. The van der Waals surface area contributed by atoms with Gasteiger partial charge in [-0.2, -0.15) is 4.31 Å². The lowest BCUT2D eigenvalue weighted by molar-refractivity contribution is -0.126. The fourth-order valence-corrected chi connectivity index (χ4v) is 5.39. The molecule has 0 unspecified atom stereocenters. The van der Waals surface area contributed by atoms with E-state index < -0.39 is 16.0 Å². The number of unbranched alkanes of at least 4 members (excludes halogenated alkanes) is 6. The summed E-state index contributed by atoms with van der Waals surface area (Å²) >= 11 is 0. The topological polar surface area (TPSA) is 92.8 Å². The quantitative estimate of drug-likeness (QED) is 0.348. The van der Waals surface area contributed by atoms with Gasteiger partial charge in [-0.1, -0.05) is 45.4 Å². The maximum atomic E-state index is 12.9. The first-order valence-electron chi connectivity index (χ1n) is 11.9. The molecule has 1 fully saturated rings. The number of nitrogens with one attached hydrogen (secondary N) is 1. The number of hydrogen-bond acceptors (Lipinski definition) is 5. The lowest BCUT2D eigenvalue weighted by Crippen LogP contribution is -2.43. The molecule has 1 heterocycles. The molecule has 0 aromatic heterocycles. The second-order valence-corrected chi connectivity index (χ2v) is 10.3. The Labute approximate surface area is 193 Å². The number of piperidine rings is 1. The number of sulfonamides is 1. The highest BCUT2D eigenvalue weighted by Gasteiger charge is 2.32. The zero-order chi connectivity index (χ0) is 23.4. The fraction of sp³-hybridized carbons (Fsp3) is 0.667. The molecule has 1 saturated heterocycles. The maximum absolute atomic E-state index is 12.9. The third-order valence-corrected chi connectivity index (χ3v) is 7.82. The van der Waals surface area contributed by atoms with Gasteiger partial charge in [0.05, 0.1) is 17.1 Å². The first kappa shape index (κ1) is 26.3. The summed E-state index contributed by atoms with van der Waals surface area (Å²) < 4.78 is 32.2. The number of esters is 1. The van der Waals surface area contributed by atoms with Crippen LogP contribution in [0, 0.1) is 5.92 Å². The Hall–Kier alpha value is -1.93.